The second-order valence-corrected chi connectivity index (χ2v) is 7.30. The molecule has 9 heteroatoms. The van der Waals surface area contributed by atoms with Crippen LogP contribution in [0.1, 0.15) is 31.5 Å². The Morgan fingerprint density at radius 1 is 1.35 bits per heavy atom. The first kappa shape index (κ1) is 14.3. The molecule has 3 aromatic heterocycles. The van der Waals surface area contributed by atoms with E-state index in [4.69, 9.17) is 9.66 Å². The maximum atomic E-state index is 11.7. The van der Waals surface area contributed by atoms with Gasteiger partial charge in [0.15, 0.2) is 10.9 Å². The van der Waals surface area contributed by atoms with Gasteiger partial charge in [0.2, 0.25) is 5.82 Å². The van der Waals surface area contributed by atoms with Gasteiger partial charge in [0, 0.05) is 12.1 Å². The second kappa shape index (κ2) is 4.87. The predicted molar refractivity (Wildman–Crippen MR) is 81.0 cm³/mol. The molecule has 1 fully saturated rings. The number of nitrogens with zero attached hydrogens (tertiary/aromatic N) is 4. The van der Waals surface area contributed by atoms with Crippen LogP contribution in [0.2, 0.25) is 0 Å². The Balaban J connectivity index is 1.86. The van der Waals surface area contributed by atoms with Gasteiger partial charge >= 0.3 is 0 Å². The minimum atomic E-state index is -3.95. The average molecular weight is 333 g/mol. The van der Waals surface area contributed by atoms with Crippen molar-refractivity contribution in [2.45, 2.75) is 30.7 Å². The van der Waals surface area contributed by atoms with Crippen molar-refractivity contribution in [1.82, 2.24) is 19.5 Å². The molecular formula is C14H15N5O3S. The zero-order valence-corrected chi connectivity index (χ0v) is 13.2. The topological polar surface area (TPSA) is 116 Å². The number of nitrogens with two attached hydrogens (primary N) is 1. The van der Waals surface area contributed by atoms with E-state index in [9.17, 15) is 8.42 Å². The van der Waals surface area contributed by atoms with Gasteiger partial charge in [-0.1, -0.05) is 18.1 Å². The standard InChI is InChI=1S/C14H15N5O3S/c1-8(9-5-6-9)11-16-13(22-18-11)12-17-14(23(15,20)21)10-4-2-3-7-19(10)12/h2-4,7-9H,5-6H2,1H3,(H2,15,20,21). The van der Waals surface area contributed by atoms with Crippen LogP contribution in [-0.4, -0.2) is 27.9 Å². The molecule has 3 heterocycles. The lowest BCUT2D eigenvalue weighted by molar-refractivity contribution is 0.411. The van der Waals surface area contributed by atoms with Crippen LogP contribution in [0.4, 0.5) is 0 Å². The van der Waals surface area contributed by atoms with Crippen molar-refractivity contribution in [3.8, 4) is 11.7 Å². The third-order valence-electron chi connectivity index (χ3n) is 4.15. The quantitative estimate of drug-likeness (QED) is 0.774. The number of sulfonamides is 1. The molecule has 1 unspecified atom stereocenters. The van der Waals surface area contributed by atoms with Crippen LogP contribution in [0, 0.1) is 5.92 Å². The lowest BCUT2D eigenvalue weighted by atomic mass is 10.1. The predicted octanol–water partition coefficient (Wildman–Crippen LogP) is 1.55. The van der Waals surface area contributed by atoms with Gasteiger partial charge in [-0.3, -0.25) is 4.40 Å². The first-order valence-electron chi connectivity index (χ1n) is 7.29. The Morgan fingerprint density at radius 3 is 2.83 bits per heavy atom. The first-order chi connectivity index (χ1) is 10.9. The van der Waals surface area contributed by atoms with E-state index in [-0.39, 0.29) is 22.7 Å². The molecule has 3 aromatic rings. The van der Waals surface area contributed by atoms with Gasteiger partial charge in [0.05, 0.1) is 5.52 Å². The Bertz CT molecular complexity index is 987. The zero-order chi connectivity index (χ0) is 16.2. The molecule has 0 radical (unpaired) electrons. The van der Waals surface area contributed by atoms with Crippen molar-refractivity contribution in [3.05, 3.63) is 30.2 Å². The summed E-state index contributed by atoms with van der Waals surface area (Å²) in [5, 5.41) is 9.05. The van der Waals surface area contributed by atoms with Crippen LogP contribution >= 0.6 is 0 Å². The molecule has 1 saturated carbocycles. The average Bonchev–Trinajstić information content (AvgIpc) is 3.10. The van der Waals surface area contributed by atoms with Crippen LogP contribution in [0.3, 0.4) is 0 Å². The van der Waals surface area contributed by atoms with Crippen LogP contribution in [-0.2, 0) is 10.0 Å². The Hall–Kier alpha value is -2.26. The summed E-state index contributed by atoms with van der Waals surface area (Å²) in [5.41, 5.74) is 0.375. The van der Waals surface area contributed by atoms with E-state index in [2.05, 4.69) is 22.0 Å². The summed E-state index contributed by atoms with van der Waals surface area (Å²) >= 11 is 0. The van der Waals surface area contributed by atoms with Gasteiger partial charge in [-0.2, -0.15) is 4.98 Å². The number of fused-ring (bicyclic) bond motifs is 1. The minimum Gasteiger partial charge on any atom is -0.331 e. The lowest BCUT2D eigenvalue weighted by Gasteiger charge is -2.01. The fraction of sp³-hybridized carbons (Fsp3) is 0.357. The number of imidazole rings is 1. The molecule has 8 nitrogen and oxygen atoms in total. The van der Waals surface area contributed by atoms with Crippen molar-refractivity contribution >= 4 is 15.5 Å². The summed E-state index contributed by atoms with van der Waals surface area (Å²) in [6.07, 6.45) is 4.03. The fourth-order valence-electron chi connectivity index (χ4n) is 2.69. The molecule has 0 amide bonds. The van der Waals surface area contributed by atoms with Gasteiger partial charge in [0.25, 0.3) is 15.9 Å². The summed E-state index contributed by atoms with van der Waals surface area (Å²) in [7, 11) is -3.95. The maximum absolute atomic E-state index is 11.7. The van der Waals surface area contributed by atoms with Gasteiger partial charge < -0.3 is 4.52 Å². The number of pyridine rings is 1. The highest BCUT2D eigenvalue weighted by molar-refractivity contribution is 7.89. The molecule has 0 saturated heterocycles. The third kappa shape index (κ3) is 2.41. The number of rotatable bonds is 4. The van der Waals surface area contributed by atoms with E-state index in [1.807, 2.05) is 0 Å². The highest BCUT2D eigenvalue weighted by atomic mass is 32.2. The molecule has 0 aromatic carbocycles. The van der Waals surface area contributed by atoms with Gasteiger partial charge in [-0.15, -0.1) is 0 Å². The highest BCUT2D eigenvalue weighted by Gasteiger charge is 2.32. The summed E-state index contributed by atoms with van der Waals surface area (Å²) in [6.45, 7) is 2.06. The summed E-state index contributed by atoms with van der Waals surface area (Å²) in [6, 6.07) is 5.10. The fourth-order valence-corrected chi connectivity index (χ4v) is 3.36. The number of primary sulfonamides is 1. The van der Waals surface area contributed by atoms with Gasteiger partial charge in [-0.25, -0.2) is 18.5 Å². The van der Waals surface area contributed by atoms with Crippen molar-refractivity contribution in [2.24, 2.45) is 11.1 Å². The Kier molecular flexibility index (Phi) is 3.03. The second-order valence-electron chi connectivity index (χ2n) is 5.83. The lowest BCUT2D eigenvalue weighted by Crippen LogP contribution is -2.13. The van der Waals surface area contributed by atoms with Gasteiger partial charge in [-0.05, 0) is 30.9 Å². The van der Waals surface area contributed by atoms with Gasteiger partial charge in [0.1, 0.15) is 0 Å². The summed E-state index contributed by atoms with van der Waals surface area (Å²) in [5.74, 6) is 1.89. The van der Waals surface area contributed by atoms with E-state index >= 15 is 0 Å². The van der Waals surface area contributed by atoms with Crippen molar-refractivity contribution in [3.63, 3.8) is 0 Å². The summed E-state index contributed by atoms with van der Waals surface area (Å²) in [4.78, 5) is 8.51. The number of aromatic nitrogens is 4. The van der Waals surface area contributed by atoms with E-state index < -0.39 is 10.0 Å². The molecular weight excluding hydrogens is 318 g/mol. The Labute approximate surface area is 132 Å². The Morgan fingerprint density at radius 2 is 2.13 bits per heavy atom. The monoisotopic (exact) mass is 333 g/mol. The SMILES string of the molecule is CC(c1noc(-c2nc(S(N)(=O)=O)c3ccccn23)n1)C1CC1. The molecule has 4 rings (SSSR count). The molecule has 0 aliphatic heterocycles. The molecule has 2 N–H and O–H groups in total. The summed E-state index contributed by atoms with van der Waals surface area (Å²) < 4.78 is 30.4. The van der Waals surface area contributed by atoms with Crippen molar-refractivity contribution in [2.75, 3.05) is 0 Å². The van der Waals surface area contributed by atoms with E-state index in [0.29, 0.717) is 17.3 Å². The van der Waals surface area contributed by atoms with Crippen LogP contribution in [0.25, 0.3) is 17.2 Å². The molecule has 1 atom stereocenters. The largest absolute Gasteiger partial charge is 0.331 e. The normalized spacial score (nSPS) is 16.8. The van der Waals surface area contributed by atoms with E-state index in [1.54, 1.807) is 28.8 Å². The van der Waals surface area contributed by atoms with E-state index in [0.717, 1.165) is 0 Å². The van der Waals surface area contributed by atoms with Crippen LogP contribution in [0.15, 0.2) is 33.9 Å². The molecule has 1 aliphatic rings. The van der Waals surface area contributed by atoms with E-state index in [1.165, 1.54) is 12.8 Å². The highest BCUT2D eigenvalue weighted by Crippen LogP contribution is 2.41. The first-order valence-corrected chi connectivity index (χ1v) is 8.83. The number of hydrogen-bond acceptors (Lipinski definition) is 6. The molecule has 0 bridgehead atoms. The minimum absolute atomic E-state index is 0.184. The zero-order valence-electron chi connectivity index (χ0n) is 12.4. The maximum Gasteiger partial charge on any atom is 0.294 e. The smallest absolute Gasteiger partial charge is 0.294 e. The molecule has 0 spiro atoms. The number of hydrogen-bond donors (Lipinski definition) is 1. The van der Waals surface area contributed by atoms with Crippen molar-refractivity contribution in [1.29, 1.82) is 0 Å². The van der Waals surface area contributed by atoms with Crippen LogP contribution in [0.5, 0.6) is 0 Å². The van der Waals surface area contributed by atoms with Crippen LogP contribution < -0.4 is 5.14 Å². The third-order valence-corrected chi connectivity index (χ3v) is 4.99. The molecule has 1 aliphatic carbocycles. The molecule has 120 valence electrons. The van der Waals surface area contributed by atoms with Crippen molar-refractivity contribution < 1.29 is 12.9 Å². The molecule has 23 heavy (non-hydrogen) atoms.